The molecule has 1 aliphatic heterocycles. The van der Waals surface area contributed by atoms with Gasteiger partial charge in [0.05, 0.1) is 16.6 Å². The van der Waals surface area contributed by atoms with Crippen LogP contribution in [0.3, 0.4) is 0 Å². The van der Waals surface area contributed by atoms with Crippen molar-refractivity contribution in [3.63, 3.8) is 0 Å². The summed E-state index contributed by atoms with van der Waals surface area (Å²) in [5, 5.41) is 10.1. The number of nitrogens with zero attached hydrogens (tertiary/aromatic N) is 2. The van der Waals surface area contributed by atoms with Crippen LogP contribution in [0.4, 0.5) is 0 Å². The lowest BCUT2D eigenvalue weighted by molar-refractivity contribution is -0.138. The highest BCUT2D eigenvalue weighted by atomic mass is 35.5. The molecule has 0 atom stereocenters. The van der Waals surface area contributed by atoms with Crippen LogP contribution in [-0.2, 0) is 11.2 Å². The van der Waals surface area contributed by atoms with E-state index in [0.29, 0.717) is 16.1 Å². The number of unbranched alkanes of at least 4 members (excludes halogenated alkanes) is 1. The van der Waals surface area contributed by atoms with Crippen molar-refractivity contribution < 1.29 is 9.90 Å². The van der Waals surface area contributed by atoms with Gasteiger partial charge in [0, 0.05) is 6.04 Å². The third-order valence-corrected chi connectivity index (χ3v) is 5.48. The van der Waals surface area contributed by atoms with Gasteiger partial charge >= 0.3 is 5.97 Å². The van der Waals surface area contributed by atoms with E-state index >= 15 is 0 Å². The highest BCUT2D eigenvalue weighted by molar-refractivity contribution is 6.42. The van der Waals surface area contributed by atoms with Gasteiger partial charge in [-0.2, -0.15) is 0 Å². The number of piperidine rings is 1. The third-order valence-electron chi connectivity index (χ3n) is 4.74. The highest BCUT2D eigenvalue weighted by Crippen LogP contribution is 2.23. The SMILES string of the molecule is CN(CC(=O)O)C1CCN(CCCCc2ccc(Cl)c(Cl)c2)CC1. The van der Waals surface area contributed by atoms with Crippen LogP contribution >= 0.6 is 23.2 Å². The second kappa shape index (κ2) is 9.62. The first-order chi connectivity index (χ1) is 11.5. The number of benzene rings is 1. The summed E-state index contributed by atoms with van der Waals surface area (Å²) in [6.07, 6.45) is 5.43. The van der Waals surface area contributed by atoms with E-state index in [9.17, 15) is 4.79 Å². The van der Waals surface area contributed by atoms with Crippen molar-refractivity contribution in [2.24, 2.45) is 0 Å². The molecule has 1 fully saturated rings. The van der Waals surface area contributed by atoms with Crippen molar-refractivity contribution in [2.45, 2.75) is 38.1 Å². The molecule has 134 valence electrons. The van der Waals surface area contributed by atoms with E-state index in [0.717, 1.165) is 51.7 Å². The minimum absolute atomic E-state index is 0.133. The quantitative estimate of drug-likeness (QED) is 0.704. The summed E-state index contributed by atoms with van der Waals surface area (Å²) in [5.74, 6) is -0.748. The van der Waals surface area contributed by atoms with Crippen molar-refractivity contribution in [1.29, 1.82) is 0 Å². The summed E-state index contributed by atoms with van der Waals surface area (Å²) >= 11 is 12.0. The van der Waals surface area contributed by atoms with Crippen LogP contribution in [0.2, 0.25) is 10.0 Å². The molecule has 1 heterocycles. The maximum absolute atomic E-state index is 10.8. The first kappa shape index (κ1) is 19.5. The fraction of sp³-hybridized carbons (Fsp3) is 0.611. The number of carboxylic acid groups (broad SMARTS) is 1. The molecular weight excluding hydrogens is 347 g/mol. The summed E-state index contributed by atoms with van der Waals surface area (Å²) in [6, 6.07) is 6.25. The van der Waals surface area contributed by atoms with Crippen molar-refractivity contribution in [3.8, 4) is 0 Å². The fourth-order valence-corrected chi connectivity index (χ4v) is 3.61. The molecule has 1 N–H and O–H groups in total. The Morgan fingerprint density at radius 2 is 1.96 bits per heavy atom. The fourth-order valence-electron chi connectivity index (χ4n) is 3.29. The second-order valence-electron chi connectivity index (χ2n) is 6.59. The first-order valence-electron chi connectivity index (χ1n) is 8.54. The molecule has 2 rings (SSSR count). The van der Waals surface area contributed by atoms with Crippen LogP contribution in [0, 0.1) is 0 Å². The van der Waals surface area contributed by atoms with Gasteiger partial charge < -0.3 is 10.0 Å². The van der Waals surface area contributed by atoms with E-state index in [1.54, 1.807) is 0 Å². The number of likely N-dealkylation sites (N-methyl/N-ethyl adjacent to an activating group) is 1. The Morgan fingerprint density at radius 1 is 1.25 bits per heavy atom. The molecule has 0 radical (unpaired) electrons. The van der Waals surface area contributed by atoms with Crippen LogP contribution in [-0.4, -0.2) is 60.1 Å². The van der Waals surface area contributed by atoms with E-state index in [1.165, 1.54) is 5.56 Å². The molecular formula is C18H26Cl2N2O2. The van der Waals surface area contributed by atoms with Gasteiger partial charge in [-0.15, -0.1) is 0 Å². The number of carboxylic acids is 1. The Hall–Kier alpha value is -0.810. The summed E-state index contributed by atoms with van der Waals surface area (Å²) in [4.78, 5) is 15.2. The Balaban J connectivity index is 1.62. The average molecular weight is 373 g/mol. The van der Waals surface area contributed by atoms with Crippen molar-refractivity contribution in [1.82, 2.24) is 9.80 Å². The van der Waals surface area contributed by atoms with E-state index in [-0.39, 0.29) is 6.54 Å². The molecule has 4 nitrogen and oxygen atoms in total. The van der Waals surface area contributed by atoms with E-state index < -0.39 is 5.97 Å². The predicted molar refractivity (Wildman–Crippen MR) is 99.1 cm³/mol. The van der Waals surface area contributed by atoms with Gasteiger partial charge in [0.2, 0.25) is 0 Å². The zero-order chi connectivity index (χ0) is 17.5. The second-order valence-corrected chi connectivity index (χ2v) is 7.40. The van der Waals surface area contributed by atoms with Crippen molar-refractivity contribution in [2.75, 3.05) is 33.2 Å². The number of halogens is 2. The molecule has 0 amide bonds. The minimum atomic E-state index is -0.748. The summed E-state index contributed by atoms with van der Waals surface area (Å²) in [5.41, 5.74) is 1.23. The van der Waals surface area contributed by atoms with E-state index in [2.05, 4.69) is 4.90 Å². The number of rotatable bonds is 8. The molecule has 24 heavy (non-hydrogen) atoms. The van der Waals surface area contributed by atoms with E-state index in [1.807, 2.05) is 30.1 Å². The Bertz CT molecular complexity index is 546. The zero-order valence-corrected chi connectivity index (χ0v) is 15.7. The molecule has 1 aliphatic rings. The smallest absolute Gasteiger partial charge is 0.317 e. The highest BCUT2D eigenvalue weighted by Gasteiger charge is 2.23. The maximum Gasteiger partial charge on any atom is 0.317 e. The molecule has 0 spiro atoms. The lowest BCUT2D eigenvalue weighted by atomic mass is 10.0. The van der Waals surface area contributed by atoms with Crippen molar-refractivity contribution >= 4 is 29.2 Å². The van der Waals surface area contributed by atoms with Gasteiger partial charge in [-0.25, -0.2) is 0 Å². The number of aliphatic carboxylic acids is 1. The average Bonchev–Trinajstić information content (AvgIpc) is 2.54. The minimum Gasteiger partial charge on any atom is -0.480 e. The number of aryl methyl sites for hydroxylation is 1. The van der Waals surface area contributed by atoms with Crippen molar-refractivity contribution in [3.05, 3.63) is 33.8 Å². The lowest BCUT2D eigenvalue weighted by Crippen LogP contribution is -2.45. The largest absolute Gasteiger partial charge is 0.480 e. The van der Waals surface area contributed by atoms with Crippen LogP contribution in [0.1, 0.15) is 31.2 Å². The molecule has 6 heteroatoms. The standard InChI is InChI=1S/C18H26Cl2N2O2/c1-21(13-18(23)24)15-7-10-22(11-8-15)9-3-2-4-14-5-6-16(19)17(20)12-14/h5-6,12,15H,2-4,7-11,13H2,1H3,(H,23,24). The summed E-state index contributed by atoms with van der Waals surface area (Å²) in [7, 11) is 1.91. The number of hydrogen-bond acceptors (Lipinski definition) is 3. The number of hydrogen-bond donors (Lipinski definition) is 1. The molecule has 0 aliphatic carbocycles. The summed E-state index contributed by atoms with van der Waals surface area (Å²) in [6.45, 7) is 3.35. The van der Waals surface area contributed by atoms with Gasteiger partial charge in [-0.1, -0.05) is 29.3 Å². The van der Waals surface area contributed by atoms with Gasteiger partial charge in [0.15, 0.2) is 0 Å². The normalized spacial score (nSPS) is 16.7. The molecule has 1 aromatic rings. The molecule has 0 unspecified atom stereocenters. The molecule has 0 saturated carbocycles. The van der Waals surface area contributed by atoms with Gasteiger partial charge in [0.25, 0.3) is 0 Å². The zero-order valence-electron chi connectivity index (χ0n) is 14.2. The van der Waals surface area contributed by atoms with Gasteiger partial charge in [0.1, 0.15) is 0 Å². The van der Waals surface area contributed by atoms with Crippen LogP contribution in [0.5, 0.6) is 0 Å². The molecule has 1 saturated heterocycles. The van der Waals surface area contributed by atoms with Gasteiger partial charge in [-0.3, -0.25) is 9.69 Å². The third kappa shape index (κ3) is 6.25. The Kier molecular flexibility index (Phi) is 7.82. The number of carbonyl (C=O) groups is 1. The predicted octanol–water partition coefficient (Wildman–Crippen LogP) is 3.80. The molecule has 0 aromatic heterocycles. The lowest BCUT2D eigenvalue weighted by Gasteiger charge is -2.36. The van der Waals surface area contributed by atoms with Crippen LogP contribution < -0.4 is 0 Å². The summed E-state index contributed by atoms with van der Waals surface area (Å²) < 4.78 is 0. The molecule has 1 aromatic carbocycles. The number of likely N-dealkylation sites (tertiary alicyclic amines) is 1. The maximum atomic E-state index is 10.8. The topological polar surface area (TPSA) is 43.8 Å². The van der Waals surface area contributed by atoms with Crippen LogP contribution in [0.25, 0.3) is 0 Å². The first-order valence-corrected chi connectivity index (χ1v) is 9.29. The van der Waals surface area contributed by atoms with E-state index in [4.69, 9.17) is 28.3 Å². The Morgan fingerprint density at radius 3 is 2.58 bits per heavy atom. The van der Waals surface area contributed by atoms with Crippen LogP contribution in [0.15, 0.2) is 18.2 Å². The van der Waals surface area contributed by atoms with Gasteiger partial charge in [-0.05, 0) is 76.5 Å². The monoisotopic (exact) mass is 372 g/mol. The Labute approximate surface area is 154 Å². The molecule has 0 bridgehead atoms.